The molecule has 7 heteroatoms. The van der Waals surface area contributed by atoms with Gasteiger partial charge in [0.15, 0.2) is 5.75 Å². The molecular formula is C12H11N3O2S2. The van der Waals surface area contributed by atoms with Crippen molar-refractivity contribution in [1.29, 1.82) is 0 Å². The van der Waals surface area contributed by atoms with Crippen LogP contribution in [0.4, 0.5) is 0 Å². The van der Waals surface area contributed by atoms with Crippen LogP contribution in [0.25, 0.3) is 10.3 Å². The number of nitrogens with zero attached hydrogens (tertiary/aromatic N) is 2. The Morgan fingerprint density at radius 3 is 3.16 bits per heavy atom. The molecule has 3 rings (SSSR count). The van der Waals surface area contributed by atoms with Gasteiger partial charge in [-0.25, -0.2) is 0 Å². The standard InChI is InChI=1S/C12H11N3O2S2/c1-17-9-2-4-13-8(6-9)7-19(16)12-14-10-3-5-18-11(10)15-12/h2-6H,7H2,1H3,(H,14,15). The van der Waals surface area contributed by atoms with Crippen molar-refractivity contribution < 1.29 is 9.29 Å². The predicted molar refractivity (Wildman–Crippen MR) is 74.9 cm³/mol. The van der Waals surface area contributed by atoms with Gasteiger partial charge in [-0.1, -0.05) is 0 Å². The summed E-state index contributed by atoms with van der Waals surface area (Å²) in [6.07, 6.45) is 1.64. The summed E-state index contributed by atoms with van der Waals surface area (Å²) in [4.78, 5) is 12.5. The maximum atomic E-state index is 12.2. The lowest BCUT2D eigenvalue weighted by Crippen LogP contribution is -2.08. The molecule has 0 fully saturated rings. The van der Waals surface area contributed by atoms with Gasteiger partial charge in [-0.05, 0) is 17.5 Å². The summed E-state index contributed by atoms with van der Waals surface area (Å²) >= 11 is 0.316. The highest BCUT2D eigenvalue weighted by Crippen LogP contribution is 2.22. The van der Waals surface area contributed by atoms with E-state index in [4.69, 9.17) is 4.74 Å². The van der Waals surface area contributed by atoms with Crippen LogP contribution in [-0.4, -0.2) is 26.6 Å². The zero-order valence-electron chi connectivity index (χ0n) is 10.1. The summed E-state index contributed by atoms with van der Waals surface area (Å²) in [6.45, 7) is 0. The van der Waals surface area contributed by atoms with Crippen molar-refractivity contribution in [2.45, 2.75) is 10.9 Å². The van der Waals surface area contributed by atoms with Gasteiger partial charge in [-0.2, -0.15) is 4.98 Å². The predicted octanol–water partition coefficient (Wildman–Crippen LogP) is 2.34. The van der Waals surface area contributed by atoms with E-state index in [1.807, 2.05) is 11.4 Å². The highest BCUT2D eigenvalue weighted by atomic mass is 32.2. The quantitative estimate of drug-likeness (QED) is 0.749. The summed E-state index contributed by atoms with van der Waals surface area (Å²) in [6, 6.07) is 5.44. The number of imidazole rings is 1. The minimum absolute atomic E-state index is 0.317. The van der Waals surface area contributed by atoms with Gasteiger partial charge >= 0.3 is 5.16 Å². The van der Waals surface area contributed by atoms with E-state index in [1.165, 1.54) is 0 Å². The van der Waals surface area contributed by atoms with Gasteiger partial charge in [0.1, 0.15) is 16.1 Å². The third-order valence-electron chi connectivity index (χ3n) is 2.61. The number of aromatic amines is 1. The minimum atomic E-state index is -1.23. The molecule has 19 heavy (non-hydrogen) atoms. The molecule has 3 aromatic rings. The van der Waals surface area contributed by atoms with Crippen molar-refractivity contribution in [3.05, 3.63) is 35.5 Å². The molecule has 3 heterocycles. The Balaban J connectivity index is 1.80. The van der Waals surface area contributed by atoms with Crippen LogP contribution in [0, 0.1) is 0 Å². The second-order valence-corrected chi connectivity index (χ2v) is 6.14. The van der Waals surface area contributed by atoms with Crippen LogP contribution >= 0.6 is 11.3 Å². The normalized spacial score (nSPS) is 12.7. The maximum Gasteiger partial charge on any atom is 0.322 e. The lowest BCUT2D eigenvalue weighted by molar-refractivity contribution is 0.413. The minimum Gasteiger partial charge on any atom is -0.609 e. The van der Waals surface area contributed by atoms with Crippen LogP contribution in [-0.2, 0) is 16.9 Å². The number of methoxy groups -OCH3 is 1. The molecule has 0 aliphatic rings. The third kappa shape index (κ3) is 2.58. The number of hydrogen-bond acceptors (Lipinski definition) is 5. The third-order valence-corrected chi connectivity index (χ3v) is 4.61. The van der Waals surface area contributed by atoms with Crippen molar-refractivity contribution in [1.82, 2.24) is 15.0 Å². The van der Waals surface area contributed by atoms with Crippen molar-refractivity contribution >= 4 is 32.9 Å². The summed E-state index contributed by atoms with van der Waals surface area (Å²) in [5.74, 6) is 1.03. The Morgan fingerprint density at radius 2 is 2.37 bits per heavy atom. The van der Waals surface area contributed by atoms with Gasteiger partial charge < -0.3 is 9.29 Å². The first kappa shape index (κ1) is 12.5. The molecule has 0 saturated heterocycles. The van der Waals surface area contributed by atoms with E-state index in [1.54, 1.807) is 36.8 Å². The van der Waals surface area contributed by atoms with Crippen molar-refractivity contribution in [3.63, 3.8) is 0 Å². The average molecular weight is 293 g/mol. The molecule has 98 valence electrons. The van der Waals surface area contributed by atoms with E-state index >= 15 is 0 Å². The molecule has 0 bridgehead atoms. The van der Waals surface area contributed by atoms with Gasteiger partial charge in [-0.15, -0.1) is 11.3 Å². The highest BCUT2D eigenvalue weighted by Gasteiger charge is 2.18. The first-order chi connectivity index (χ1) is 9.26. The summed E-state index contributed by atoms with van der Waals surface area (Å²) in [5, 5.41) is 2.44. The lowest BCUT2D eigenvalue weighted by Gasteiger charge is -2.07. The number of H-pyrrole nitrogens is 1. The molecule has 5 nitrogen and oxygen atoms in total. The highest BCUT2D eigenvalue weighted by molar-refractivity contribution is 7.90. The smallest absolute Gasteiger partial charge is 0.322 e. The average Bonchev–Trinajstić information content (AvgIpc) is 2.99. The van der Waals surface area contributed by atoms with E-state index in [9.17, 15) is 4.55 Å². The number of thiophene rings is 1. The van der Waals surface area contributed by atoms with E-state index in [-0.39, 0.29) is 0 Å². The summed E-state index contributed by atoms with van der Waals surface area (Å²) in [7, 11) is 1.59. The Hall–Kier alpha value is -1.57. The van der Waals surface area contributed by atoms with E-state index < -0.39 is 11.2 Å². The zero-order chi connectivity index (χ0) is 13.2. The van der Waals surface area contributed by atoms with E-state index in [0.29, 0.717) is 16.7 Å². The van der Waals surface area contributed by atoms with Gasteiger partial charge in [0.05, 0.1) is 12.8 Å². The second-order valence-electron chi connectivity index (χ2n) is 3.85. The molecule has 3 aromatic heterocycles. The zero-order valence-corrected chi connectivity index (χ0v) is 11.8. The van der Waals surface area contributed by atoms with Crippen LogP contribution < -0.4 is 4.74 Å². The number of hydrogen-bond donors (Lipinski definition) is 1. The van der Waals surface area contributed by atoms with Gasteiger partial charge in [0, 0.05) is 23.4 Å². The van der Waals surface area contributed by atoms with E-state index in [2.05, 4.69) is 15.0 Å². The fraction of sp³-hybridized carbons (Fsp3) is 0.167. The number of nitrogens with one attached hydrogen (secondary N) is 1. The number of pyridine rings is 1. The topological polar surface area (TPSA) is 73.9 Å². The SMILES string of the molecule is COc1ccnc(C[S+]([O-])c2nc3ccsc3[nH]2)c1. The molecule has 0 radical (unpaired) electrons. The van der Waals surface area contributed by atoms with Gasteiger partial charge in [0.2, 0.25) is 0 Å². The molecule has 1 unspecified atom stereocenters. The molecule has 0 amide bonds. The van der Waals surface area contributed by atoms with Gasteiger partial charge in [0.25, 0.3) is 0 Å². The molecule has 0 aromatic carbocycles. The second kappa shape index (κ2) is 5.20. The monoisotopic (exact) mass is 293 g/mol. The summed E-state index contributed by atoms with van der Waals surface area (Å²) in [5.41, 5.74) is 1.57. The lowest BCUT2D eigenvalue weighted by atomic mass is 10.3. The van der Waals surface area contributed by atoms with Crippen LogP contribution in [0.3, 0.4) is 0 Å². The molecule has 1 atom stereocenters. The van der Waals surface area contributed by atoms with E-state index in [0.717, 1.165) is 16.0 Å². The first-order valence-electron chi connectivity index (χ1n) is 5.57. The Labute approximate surface area is 116 Å². The number of fused-ring (bicyclic) bond motifs is 1. The van der Waals surface area contributed by atoms with Crippen LogP contribution in [0.15, 0.2) is 34.9 Å². The molecule has 1 N–H and O–H groups in total. The molecule has 0 saturated carbocycles. The largest absolute Gasteiger partial charge is 0.609 e. The molecule has 0 spiro atoms. The van der Waals surface area contributed by atoms with Gasteiger partial charge in [-0.3, -0.25) is 9.97 Å². The number of aromatic nitrogens is 3. The Morgan fingerprint density at radius 1 is 1.47 bits per heavy atom. The van der Waals surface area contributed by atoms with Crippen molar-refractivity contribution in [2.75, 3.05) is 7.11 Å². The molecule has 0 aliphatic heterocycles. The molecule has 0 aliphatic carbocycles. The van der Waals surface area contributed by atoms with Crippen LogP contribution in [0.2, 0.25) is 0 Å². The fourth-order valence-corrected chi connectivity index (χ4v) is 3.46. The Bertz CT molecular complexity index is 666. The fourth-order valence-electron chi connectivity index (χ4n) is 1.69. The molecular weight excluding hydrogens is 282 g/mol. The maximum absolute atomic E-state index is 12.2. The number of ether oxygens (including phenoxy) is 1. The van der Waals surface area contributed by atoms with Crippen LogP contribution in [0.5, 0.6) is 5.75 Å². The van der Waals surface area contributed by atoms with Crippen molar-refractivity contribution in [2.24, 2.45) is 0 Å². The Kier molecular flexibility index (Phi) is 3.41. The summed E-state index contributed by atoms with van der Waals surface area (Å²) < 4.78 is 17.3. The first-order valence-corrected chi connectivity index (χ1v) is 7.76. The van der Waals surface area contributed by atoms with Crippen molar-refractivity contribution in [3.8, 4) is 5.75 Å². The number of rotatable bonds is 4. The van der Waals surface area contributed by atoms with Crippen LogP contribution in [0.1, 0.15) is 5.69 Å².